The number of hydrogen-bond donors (Lipinski definition) is 2. The van der Waals surface area contributed by atoms with Crippen LogP contribution in [0.2, 0.25) is 5.02 Å². The molecular weight excluding hydrogens is 262 g/mol. The summed E-state index contributed by atoms with van der Waals surface area (Å²) in [6, 6.07) is 16.2. The zero-order valence-electron chi connectivity index (χ0n) is 10.2. The van der Waals surface area contributed by atoms with Crippen molar-refractivity contribution in [2.45, 2.75) is 12.6 Å². The topological polar surface area (TPSA) is 49.3 Å². The molecule has 0 aliphatic carbocycles. The Morgan fingerprint density at radius 2 is 1.89 bits per heavy atom. The molecule has 4 heteroatoms. The highest BCUT2D eigenvalue weighted by molar-refractivity contribution is 6.30. The van der Waals surface area contributed by atoms with Crippen LogP contribution in [0.25, 0.3) is 0 Å². The van der Waals surface area contributed by atoms with Gasteiger partial charge >= 0.3 is 0 Å². The Balaban J connectivity index is 1.96. The summed E-state index contributed by atoms with van der Waals surface area (Å²) in [5.74, 6) is -0.439. The summed E-state index contributed by atoms with van der Waals surface area (Å²) in [6.07, 6.45) is -1.21. The average molecular weight is 276 g/mol. The predicted octanol–water partition coefficient (Wildman–Crippen LogP) is 2.69. The predicted molar refractivity (Wildman–Crippen MR) is 74.7 cm³/mol. The quantitative estimate of drug-likeness (QED) is 0.901. The Hall–Kier alpha value is -1.84. The summed E-state index contributed by atoms with van der Waals surface area (Å²) < 4.78 is 0. The first-order chi connectivity index (χ1) is 9.16. The number of nitrogens with one attached hydrogen (secondary N) is 1. The monoisotopic (exact) mass is 275 g/mol. The molecule has 3 nitrogen and oxygen atoms in total. The molecule has 1 amide bonds. The van der Waals surface area contributed by atoms with Gasteiger partial charge in [-0.1, -0.05) is 54.1 Å². The summed E-state index contributed by atoms with van der Waals surface area (Å²) in [7, 11) is 0. The molecule has 0 radical (unpaired) electrons. The van der Waals surface area contributed by atoms with E-state index < -0.39 is 12.0 Å². The van der Waals surface area contributed by atoms with Gasteiger partial charge in [-0.3, -0.25) is 4.79 Å². The highest BCUT2D eigenvalue weighted by Crippen LogP contribution is 2.17. The summed E-state index contributed by atoms with van der Waals surface area (Å²) in [5, 5.41) is 13.1. The summed E-state index contributed by atoms with van der Waals surface area (Å²) in [6.45, 7) is 0.386. The van der Waals surface area contributed by atoms with Crippen molar-refractivity contribution in [3.63, 3.8) is 0 Å². The molecule has 2 aromatic rings. The number of halogens is 1. The van der Waals surface area contributed by atoms with Crippen molar-refractivity contribution in [1.29, 1.82) is 0 Å². The van der Waals surface area contributed by atoms with Gasteiger partial charge < -0.3 is 10.4 Å². The van der Waals surface area contributed by atoms with Crippen LogP contribution in [0.3, 0.4) is 0 Å². The van der Waals surface area contributed by atoms with Crippen LogP contribution in [0, 0.1) is 0 Å². The van der Waals surface area contributed by atoms with Gasteiger partial charge in [0.1, 0.15) is 0 Å². The minimum absolute atomic E-state index is 0.386. The SMILES string of the molecule is O=C(NCc1ccccc1)C(O)c1cccc(Cl)c1. The van der Waals surface area contributed by atoms with Crippen molar-refractivity contribution in [3.8, 4) is 0 Å². The van der Waals surface area contributed by atoms with Crippen molar-refractivity contribution in [2.24, 2.45) is 0 Å². The number of aliphatic hydroxyl groups excluding tert-OH is 1. The highest BCUT2D eigenvalue weighted by atomic mass is 35.5. The zero-order valence-corrected chi connectivity index (χ0v) is 11.0. The summed E-state index contributed by atoms with van der Waals surface area (Å²) in [5.41, 5.74) is 1.47. The molecule has 0 aliphatic rings. The Morgan fingerprint density at radius 1 is 1.16 bits per heavy atom. The van der Waals surface area contributed by atoms with Crippen LogP contribution in [0.4, 0.5) is 0 Å². The van der Waals surface area contributed by atoms with Gasteiger partial charge in [-0.15, -0.1) is 0 Å². The van der Waals surface area contributed by atoms with Gasteiger partial charge in [0, 0.05) is 11.6 Å². The van der Waals surface area contributed by atoms with Gasteiger partial charge in [0.25, 0.3) is 5.91 Å². The van der Waals surface area contributed by atoms with Crippen LogP contribution >= 0.6 is 11.6 Å². The molecule has 0 spiro atoms. The van der Waals surface area contributed by atoms with E-state index in [1.54, 1.807) is 24.3 Å². The Bertz CT molecular complexity index is 557. The van der Waals surface area contributed by atoms with Crippen LogP contribution in [-0.2, 0) is 11.3 Å². The lowest BCUT2D eigenvalue weighted by atomic mass is 10.1. The molecule has 0 heterocycles. The molecule has 1 unspecified atom stereocenters. The highest BCUT2D eigenvalue weighted by Gasteiger charge is 2.16. The number of benzene rings is 2. The van der Waals surface area contributed by atoms with Gasteiger partial charge in [0.05, 0.1) is 0 Å². The third-order valence-corrected chi connectivity index (χ3v) is 2.96. The largest absolute Gasteiger partial charge is 0.378 e. The molecule has 0 saturated carbocycles. The fourth-order valence-electron chi connectivity index (χ4n) is 1.71. The molecular formula is C15H14ClNO2. The van der Waals surface area contributed by atoms with E-state index in [1.165, 1.54) is 0 Å². The van der Waals surface area contributed by atoms with Crippen molar-refractivity contribution >= 4 is 17.5 Å². The van der Waals surface area contributed by atoms with Gasteiger partial charge in [-0.2, -0.15) is 0 Å². The van der Waals surface area contributed by atoms with Gasteiger partial charge in [-0.25, -0.2) is 0 Å². The van der Waals surface area contributed by atoms with Crippen LogP contribution < -0.4 is 5.32 Å². The lowest BCUT2D eigenvalue weighted by Gasteiger charge is -2.12. The van der Waals surface area contributed by atoms with E-state index in [0.29, 0.717) is 17.1 Å². The number of rotatable bonds is 4. The fraction of sp³-hybridized carbons (Fsp3) is 0.133. The maximum absolute atomic E-state index is 11.8. The Labute approximate surface area is 116 Å². The summed E-state index contributed by atoms with van der Waals surface area (Å²) >= 11 is 5.82. The normalized spacial score (nSPS) is 11.9. The molecule has 0 aliphatic heterocycles. The van der Waals surface area contributed by atoms with Crippen molar-refractivity contribution in [3.05, 3.63) is 70.7 Å². The molecule has 98 valence electrons. The van der Waals surface area contributed by atoms with Crippen LogP contribution in [0.1, 0.15) is 17.2 Å². The molecule has 0 aromatic heterocycles. The molecule has 0 saturated heterocycles. The maximum atomic E-state index is 11.8. The first kappa shape index (κ1) is 13.6. The van der Waals surface area contributed by atoms with E-state index in [2.05, 4.69) is 5.32 Å². The molecule has 19 heavy (non-hydrogen) atoms. The minimum atomic E-state index is -1.21. The number of hydrogen-bond acceptors (Lipinski definition) is 2. The Morgan fingerprint density at radius 3 is 2.58 bits per heavy atom. The molecule has 0 bridgehead atoms. The van der Waals surface area contributed by atoms with E-state index in [0.717, 1.165) is 5.56 Å². The van der Waals surface area contributed by atoms with Crippen LogP contribution in [0.5, 0.6) is 0 Å². The van der Waals surface area contributed by atoms with Crippen molar-refractivity contribution < 1.29 is 9.90 Å². The molecule has 2 N–H and O–H groups in total. The Kier molecular flexibility index (Phi) is 4.55. The smallest absolute Gasteiger partial charge is 0.253 e. The second-order valence-electron chi connectivity index (χ2n) is 4.16. The van der Waals surface area contributed by atoms with E-state index in [1.807, 2.05) is 30.3 Å². The second kappa shape index (κ2) is 6.36. The van der Waals surface area contributed by atoms with E-state index in [4.69, 9.17) is 11.6 Å². The number of aliphatic hydroxyl groups is 1. The number of carbonyl (C=O) groups excluding carboxylic acids is 1. The first-order valence-electron chi connectivity index (χ1n) is 5.92. The van der Waals surface area contributed by atoms with Gasteiger partial charge in [0.15, 0.2) is 6.10 Å². The summed E-state index contributed by atoms with van der Waals surface area (Å²) in [4.78, 5) is 11.8. The minimum Gasteiger partial charge on any atom is -0.378 e. The van der Waals surface area contributed by atoms with Crippen LogP contribution in [0.15, 0.2) is 54.6 Å². The van der Waals surface area contributed by atoms with E-state index in [9.17, 15) is 9.90 Å². The van der Waals surface area contributed by atoms with Crippen LogP contribution in [-0.4, -0.2) is 11.0 Å². The third-order valence-electron chi connectivity index (χ3n) is 2.72. The third kappa shape index (κ3) is 3.81. The first-order valence-corrected chi connectivity index (χ1v) is 6.30. The van der Waals surface area contributed by atoms with Crippen molar-refractivity contribution in [1.82, 2.24) is 5.32 Å². The van der Waals surface area contributed by atoms with E-state index in [-0.39, 0.29) is 0 Å². The lowest BCUT2D eigenvalue weighted by Crippen LogP contribution is -2.28. The molecule has 0 fully saturated rings. The zero-order chi connectivity index (χ0) is 13.7. The molecule has 2 aromatic carbocycles. The van der Waals surface area contributed by atoms with Gasteiger partial charge in [0.2, 0.25) is 0 Å². The molecule has 1 atom stereocenters. The molecule has 2 rings (SSSR count). The van der Waals surface area contributed by atoms with E-state index >= 15 is 0 Å². The average Bonchev–Trinajstić information content (AvgIpc) is 2.45. The van der Waals surface area contributed by atoms with Crippen molar-refractivity contribution in [2.75, 3.05) is 0 Å². The second-order valence-corrected chi connectivity index (χ2v) is 4.60. The van der Waals surface area contributed by atoms with Gasteiger partial charge in [-0.05, 0) is 23.3 Å². The number of carbonyl (C=O) groups is 1. The standard InChI is InChI=1S/C15H14ClNO2/c16-13-8-4-7-12(9-13)14(18)15(19)17-10-11-5-2-1-3-6-11/h1-9,14,18H,10H2,(H,17,19). The lowest BCUT2D eigenvalue weighted by molar-refractivity contribution is -0.129. The fourth-order valence-corrected chi connectivity index (χ4v) is 1.91. The maximum Gasteiger partial charge on any atom is 0.253 e. The number of amides is 1.